The lowest BCUT2D eigenvalue weighted by molar-refractivity contribution is -0.150. The molecule has 2 atom stereocenters. The number of ether oxygens (including phenoxy) is 1. The molecule has 4 rings (SSSR count). The lowest BCUT2D eigenvalue weighted by atomic mass is 9.87. The van der Waals surface area contributed by atoms with Crippen molar-refractivity contribution in [2.75, 3.05) is 6.61 Å². The summed E-state index contributed by atoms with van der Waals surface area (Å²) in [5, 5.41) is 12.7. The number of aliphatic hydroxyl groups excluding tert-OH is 1. The van der Waals surface area contributed by atoms with Gasteiger partial charge >= 0.3 is 5.97 Å². The van der Waals surface area contributed by atoms with Gasteiger partial charge in [-0.2, -0.15) is 0 Å². The summed E-state index contributed by atoms with van der Waals surface area (Å²) in [4.78, 5) is 37.7. The predicted molar refractivity (Wildman–Crippen MR) is 162 cm³/mol. The Bertz CT molecular complexity index is 1500. The summed E-state index contributed by atoms with van der Waals surface area (Å²) in [6.07, 6.45) is 3.45. The van der Waals surface area contributed by atoms with Gasteiger partial charge in [0.1, 0.15) is 12.6 Å². The molecule has 1 unspecified atom stereocenters. The van der Waals surface area contributed by atoms with Crippen molar-refractivity contribution in [1.29, 1.82) is 0 Å². The summed E-state index contributed by atoms with van der Waals surface area (Å²) in [7, 11) is 0. The molecule has 4 N–H and O–H groups in total. The number of amides is 2. The Morgan fingerprint density at radius 1 is 0.857 bits per heavy atom. The molecule has 0 saturated carbocycles. The number of carbonyl (C=O) groups is 3. The van der Waals surface area contributed by atoms with Crippen molar-refractivity contribution in [2.24, 2.45) is 11.1 Å². The van der Waals surface area contributed by atoms with Crippen LogP contribution < -0.4 is 11.1 Å². The zero-order valence-electron chi connectivity index (χ0n) is 24.1. The molecule has 0 aliphatic heterocycles. The van der Waals surface area contributed by atoms with Crippen LogP contribution in [-0.2, 0) is 20.9 Å². The van der Waals surface area contributed by atoms with E-state index in [0.717, 1.165) is 27.8 Å². The van der Waals surface area contributed by atoms with Crippen molar-refractivity contribution >= 4 is 17.8 Å². The van der Waals surface area contributed by atoms with Crippen LogP contribution in [0.15, 0.2) is 97.3 Å². The average Bonchev–Trinajstić information content (AvgIpc) is 3.47. The standard InChI is InChI=1S/C34H37N3O5/c1-34(2,3)30(21-38)36-31(39)19-29(33(41)42-22-23-7-5-4-6-8-23)37-18-17-28(20-37)26-11-9-24(10-12-26)25-13-15-27(16-14-25)32(35)40/h4-18,20,29-30,38H,19,21-22H2,1-3H3,(H2,35,40)(H,36,39)/t29-,30?/m1/s1. The number of benzene rings is 3. The lowest BCUT2D eigenvalue weighted by Crippen LogP contribution is -2.47. The van der Waals surface area contributed by atoms with Crippen LogP contribution in [-0.4, -0.2) is 40.1 Å². The van der Waals surface area contributed by atoms with E-state index in [1.807, 2.05) is 99.8 Å². The first-order valence-electron chi connectivity index (χ1n) is 13.8. The molecule has 4 aromatic rings. The molecule has 0 aliphatic carbocycles. The van der Waals surface area contributed by atoms with E-state index < -0.39 is 24.0 Å². The number of rotatable bonds is 11. The zero-order chi connectivity index (χ0) is 30.3. The summed E-state index contributed by atoms with van der Waals surface area (Å²) >= 11 is 0. The van der Waals surface area contributed by atoms with Crippen molar-refractivity contribution < 1.29 is 24.2 Å². The molecule has 1 heterocycles. The van der Waals surface area contributed by atoms with Gasteiger partial charge in [0.2, 0.25) is 11.8 Å². The fourth-order valence-corrected chi connectivity index (χ4v) is 4.56. The number of primary amides is 1. The van der Waals surface area contributed by atoms with Gasteiger partial charge in [0.05, 0.1) is 19.1 Å². The maximum Gasteiger partial charge on any atom is 0.329 e. The summed E-state index contributed by atoms with van der Waals surface area (Å²) in [5.74, 6) is -1.35. The molecule has 1 aromatic heterocycles. The van der Waals surface area contributed by atoms with E-state index in [9.17, 15) is 19.5 Å². The van der Waals surface area contributed by atoms with Crippen LogP contribution in [0.1, 0.15) is 49.2 Å². The summed E-state index contributed by atoms with van der Waals surface area (Å²) in [5.41, 5.74) is 10.0. The van der Waals surface area contributed by atoms with Gasteiger partial charge < -0.3 is 25.5 Å². The molecule has 218 valence electrons. The second-order valence-electron chi connectivity index (χ2n) is 11.3. The Labute approximate surface area is 246 Å². The minimum Gasteiger partial charge on any atom is -0.459 e. The first-order valence-corrected chi connectivity index (χ1v) is 13.8. The van der Waals surface area contributed by atoms with Gasteiger partial charge in [-0.25, -0.2) is 4.79 Å². The molecular formula is C34H37N3O5. The number of hydrogen-bond acceptors (Lipinski definition) is 5. The highest BCUT2D eigenvalue weighted by molar-refractivity contribution is 5.93. The van der Waals surface area contributed by atoms with E-state index in [4.69, 9.17) is 10.5 Å². The molecule has 0 aliphatic rings. The topological polar surface area (TPSA) is 124 Å². The van der Waals surface area contributed by atoms with Crippen LogP contribution in [0, 0.1) is 5.41 Å². The van der Waals surface area contributed by atoms with Gasteiger partial charge in [-0.1, -0.05) is 87.5 Å². The summed E-state index contributed by atoms with van der Waals surface area (Å²) < 4.78 is 7.33. The van der Waals surface area contributed by atoms with Gasteiger partial charge in [-0.05, 0) is 51.4 Å². The fraction of sp³-hybridized carbons (Fsp3) is 0.265. The van der Waals surface area contributed by atoms with Crippen LogP contribution in [0.25, 0.3) is 22.3 Å². The summed E-state index contributed by atoms with van der Waals surface area (Å²) in [6.45, 7) is 5.67. The molecule has 2 amide bonds. The van der Waals surface area contributed by atoms with E-state index in [2.05, 4.69) is 5.32 Å². The average molecular weight is 568 g/mol. The predicted octanol–water partition coefficient (Wildman–Crippen LogP) is 5.12. The van der Waals surface area contributed by atoms with Gasteiger partial charge in [0, 0.05) is 18.0 Å². The van der Waals surface area contributed by atoms with E-state index in [-0.39, 0.29) is 31.0 Å². The fourth-order valence-electron chi connectivity index (χ4n) is 4.56. The highest BCUT2D eigenvalue weighted by Gasteiger charge is 2.30. The molecule has 8 nitrogen and oxygen atoms in total. The van der Waals surface area contributed by atoms with Crippen LogP contribution in [0.3, 0.4) is 0 Å². The minimum absolute atomic E-state index is 0.0923. The van der Waals surface area contributed by atoms with Gasteiger partial charge in [-0.3, -0.25) is 9.59 Å². The van der Waals surface area contributed by atoms with Crippen LogP contribution in [0.5, 0.6) is 0 Å². The van der Waals surface area contributed by atoms with Crippen molar-refractivity contribution in [1.82, 2.24) is 9.88 Å². The number of aromatic nitrogens is 1. The number of nitrogens with one attached hydrogen (secondary N) is 1. The second kappa shape index (κ2) is 13.3. The Balaban J connectivity index is 1.53. The molecule has 3 aromatic carbocycles. The number of aliphatic hydroxyl groups is 1. The Kier molecular flexibility index (Phi) is 9.60. The first kappa shape index (κ1) is 30.3. The van der Waals surface area contributed by atoms with Crippen LogP contribution >= 0.6 is 0 Å². The molecule has 42 heavy (non-hydrogen) atoms. The quantitative estimate of drug-likeness (QED) is 0.217. The Morgan fingerprint density at radius 3 is 1.98 bits per heavy atom. The third-order valence-corrected chi connectivity index (χ3v) is 7.23. The molecule has 0 spiro atoms. The lowest BCUT2D eigenvalue weighted by Gasteiger charge is -2.30. The van der Waals surface area contributed by atoms with Gasteiger partial charge in [0.25, 0.3) is 0 Å². The maximum absolute atomic E-state index is 13.3. The number of esters is 1. The SMILES string of the molecule is CC(C)(C)C(CO)NC(=O)C[C@H](C(=O)OCc1ccccc1)n1ccc(-c2ccc(-c3ccc(C(N)=O)cc3)cc2)c1. The zero-order valence-corrected chi connectivity index (χ0v) is 24.1. The van der Waals surface area contributed by atoms with Crippen LogP contribution in [0.2, 0.25) is 0 Å². The number of nitrogens with zero attached hydrogens (tertiary/aromatic N) is 1. The number of nitrogens with two attached hydrogens (primary N) is 1. The monoisotopic (exact) mass is 567 g/mol. The Hall–Kier alpha value is -4.69. The largest absolute Gasteiger partial charge is 0.459 e. The van der Waals surface area contributed by atoms with E-state index in [0.29, 0.717) is 5.56 Å². The molecule has 0 bridgehead atoms. The van der Waals surface area contributed by atoms with Gasteiger partial charge in [0.15, 0.2) is 0 Å². The molecule has 0 saturated heterocycles. The van der Waals surface area contributed by atoms with E-state index in [1.165, 1.54) is 0 Å². The molecule has 0 radical (unpaired) electrons. The minimum atomic E-state index is -0.898. The third kappa shape index (κ3) is 7.73. The smallest absolute Gasteiger partial charge is 0.329 e. The Morgan fingerprint density at radius 2 is 1.43 bits per heavy atom. The third-order valence-electron chi connectivity index (χ3n) is 7.23. The second-order valence-corrected chi connectivity index (χ2v) is 11.3. The van der Waals surface area contributed by atoms with Crippen molar-refractivity contribution in [3.8, 4) is 22.3 Å². The normalized spacial score (nSPS) is 12.8. The number of carbonyl (C=O) groups excluding carboxylic acids is 3. The first-order chi connectivity index (χ1) is 20.0. The van der Waals surface area contributed by atoms with E-state index in [1.54, 1.807) is 22.9 Å². The van der Waals surface area contributed by atoms with Gasteiger partial charge in [-0.15, -0.1) is 0 Å². The summed E-state index contributed by atoms with van der Waals surface area (Å²) in [6, 6.07) is 24.9. The molecule has 0 fully saturated rings. The molecular weight excluding hydrogens is 530 g/mol. The van der Waals surface area contributed by atoms with Crippen LogP contribution in [0.4, 0.5) is 0 Å². The molecule has 8 heteroatoms. The van der Waals surface area contributed by atoms with Crippen molar-refractivity contribution in [3.63, 3.8) is 0 Å². The number of hydrogen-bond donors (Lipinski definition) is 3. The van der Waals surface area contributed by atoms with E-state index >= 15 is 0 Å². The highest BCUT2D eigenvalue weighted by atomic mass is 16.5. The maximum atomic E-state index is 13.3. The van der Waals surface area contributed by atoms with Crippen molar-refractivity contribution in [2.45, 2.75) is 45.9 Å². The highest BCUT2D eigenvalue weighted by Crippen LogP contribution is 2.28. The van der Waals surface area contributed by atoms with Crippen molar-refractivity contribution in [3.05, 3.63) is 108 Å².